The number of fused-ring (bicyclic) bond motifs is 1. The number of H-pyrrole nitrogens is 1. The lowest BCUT2D eigenvalue weighted by molar-refractivity contribution is 0.0299. The molecule has 6 heteroatoms. The Morgan fingerprint density at radius 1 is 1.00 bits per heavy atom. The molecule has 3 heterocycles. The lowest BCUT2D eigenvalue weighted by Gasteiger charge is -2.26. The van der Waals surface area contributed by atoms with Gasteiger partial charge in [0.25, 0.3) is 5.91 Å². The number of aromatic amines is 1. The van der Waals surface area contributed by atoms with Gasteiger partial charge in [0, 0.05) is 47.2 Å². The maximum Gasteiger partial charge on any atom is 0.270 e. The molecule has 0 bridgehead atoms. The average Bonchev–Trinajstić information content (AvgIpc) is 3.29. The van der Waals surface area contributed by atoms with Gasteiger partial charge in [-0.15, -0.1) is 0 Å². The molecule has 1 amide bonds. The van der Waals surface area contributed by atoms with Crippen molar-refractivity contribution in [2.75, 3.05) is 38.2 Å². The van der Waals surface area contributed by atoms with Gasteiger partial charge in [-0.2, -0.15) is 0 Å². The van der Waals surface area contributed by atoms with Crippen LogP contribution in [0, 0.1) is 0 Å². The quantitative estimate of drug-likeness (QED) is 0.656. The zero-order valence-electron chi connectivity index (χ0n) is 16.5. The molecular formula is C24H22ClN3O2. The number of nitrogens with one attached hydrogen (secondary N) is 2. The number of rotatable bonds is 3. The molecule has 1 saturated heterocycles. The van der Waals surface area contributed by atoms with Crippen LogP contribution in [-0.4, -0.2) is 48.6 Å². The molecule has 0 saturated carbocycles. The van der Waals surface area contributed by atoms with Crippen molar-refractivity contribution in [2.24, 2.45) is 0 Å². The number of halogens is 1. The van der Waals surface area contributed by atoms with E-state index in [4.69, 9.17) is 16.3 Å². The molecule has 0 radical (unpaired) electrons. The van der Waals surface area contributed by atoms with Crippen LogP contribution in [0.15, 0.2) is 60.7 Å². The van der Waals surface area contributed by atoms with Crippen LogP contribution in [0.3, 0.4) is 0 Å². The third-order valence-corrected chi connectivity index (χ3v) is 5.85. The van der Waals surface area contributed by atoms with E-state index in [1.54, 1.807) is 0 Å². The first-order valence-electron chi connectivity index (χ1n) is 10.1. The minimum Gasteiger partial charge on any atom is -0.380 e. The summed E-state index contributed by atoms with van der Waals surface area (Å²) in [6, 6.07) is 20.1. The van der Waals surface area contributed by atoms with Crippen molar-refractivity contribution in [2.45, 2.75) is 0 Å². The highest BCUT2D eigenvalue weighted by Gasteiger charge is 2.24. The first-order chi connectivity index (χ1) is 14.7. The Morgan fingerprint density at radius 2 is 1.80 bits per heavy atom. The summed E-state index contributed by atoms with van der Waals surface area (Å²) in [7, 11) is 0. The van der Waals surface area contributed by atoms with Crippen molar-refractivity contribution in [1.29, 1.82) is 0 Å². The summed E-state index contributed by atoms with van der Waals surface area (Å²) in [6.07, 6.45) is 0. The van der Waals surface area contributed by atoms with Crippen LogP contribution >= 0.6 is 11.6 Å². The molecule has 2 aliphatic rings. The SMILES string of the molecule is O=C(c1ccc(C2=C(c3ccccc3)c3cc(Cl)ccc3NC2)[nH]1)N1CCOCC1. The van der Waals surface area contributed by atoms with Gasteiger partial charge >= 0.3 is 0 Å². The Bertz CT molecular complexity index is 1110. The van der Waals surface area contributed by atoms with Crippen molar-refractivity contribution in [3.05, 3.63) is 88.2 Å². The van der Waals surface area contributed by atoms with E-state index in [-0.39, 0.29) is 5.91 Å². The lowest BCUT2D eigenvalue weighted by atomic mass is 9.88. The molecule has 1 aromatic heterocycles. The van der Waals surface area contributed by atoms with Crippen LogP contribution < -0.4 is 5.32 Å². The molecule has 5 nitrogen and oxygen atoms in total. The number of nitrogens with zero attached hydrogens (tertiary/aromatic N) is 1. The number of aromatic nitrogens is 1. The van der Waals surface area contributed by atoms with E-state index in [0.717, 1.165) is 33.7 Å². The standard InChI is InChI=1S/C24H22ClN3O2/c25-17-6-7-20-18(14-17)23(16-4-2-1-3-5-16)19(15-26-20)21-8-9-22(27-21)24(29)28-10-12-30-13-11-28/h1-9,14,26-27H,10-13,15H2. The molecule has 1 fully saturated rings. The number of hydrogen-bond donors (Lipinski definition) is 2. The fourth-order valence-corrected chi connectivity index (χ4v) is 4.28. The van der Waals surface area contributed by atoms with Gasteiger partial charge in [0.15, 0.2) is 0 Å². The highest BCUT2D eigenvalue weighted by atomic mass is 35.5. The predicted octanol–water partition coefficient (Wildman–Crippen LogP) is 4.53. The highest BCUT2D eigenvalue weighted by molar-refractivity contribution is 6.31. The van der Waals surface area contributed by atoms with Gasteiger partial charge in [0.05, 0.1) is 13.2 Å². The fourth-order valence-electron chi connectivity index (χ4n) is 4.11. The summed E-state index contributed by atoms with van der Waals surface area (Å²) in [4.78, 5) is 18.1. The van der Waals surface area contributed by atoms with E-state index in [0.29, 0.717) is 43.6 Å². The second kappa shape index (κ2) is 8.01. The number of morpholine rings is 1. The minimum absolute atomic E-state index is 0.0126. The molecule has 2 N–H and O–H groups in total. The van der Waals surface area contributed by atoms with Crippen molar-refractivity contribution < 1.29 is 9.53 Å². The number of hydrogen-bond acceptors (Lipinski definition) is 3. The predicted molar refractivity (Wildman–Crippen MR) is 120 cm³/mol. The van der Waals surface area contributed by atoms with Gasteiger partial charge in [0.2, 0.25) is 0 Å². The molecular weight excluding hydrogens is 398 g/mol. The number of benzene rings is 2. The van der Waals surface area contributed by atoms with E-state index in [9.17, 15) is 4.79 Å². The summed E-state index contributed by atoms with van der Waals surface area (Å²) >= 11 is 6.34. The second-order valence-corrected chi connectivity index (χ2v) is 7.89. The number of ether oxygens (including phenoxy) is 1. The topological polar surface area (TPSA) is 57.4 Å². The number of carbonyl (C=O) groups excluding carboxylic acids is 1. The summed E-state index contributed by atoms with van der Waals surface area (Å²) < 4.78 is 5.36. The molecule has 5 rings (SSSR count). The van der Waals surface area contributed by atoms with Crippen molar-refractivity contribution in [3.8, 4) is 0 Å². The fraction of sp³-hybridized carbons (Fsp3) is 0.208. The Hall–Kier alpha value is -3.02. The summed E-state index contributed by atoms with van der Waals surface area (Å²) in [6.45, 7) is 3.08. The van der Waals surface area contributed by atoms with E-state index < -0.39 is 0 Å². The van der Waals surface area contributed by atoms with E-state index >= 15 is 0 Å². The Kier molecular flexibility index (Phi) is 5.07. The third-order valence-electron chi connectivity index (χ3n) is 5.61. The number of carbonyl (C=O) groups is 1. The largest absolute Gasteiger partial charge is 0.380 e. The van der Waals surface area contributed by atoms with Gasteiger partial charge in [-0.25, -0.2) is 0 Å². The summed E-state index contributed by atoms with van der Waals surface area (Å²) in [5.41, 5.74) is 7.00. The van der Waals surface area contributed by atoms with Crippen molar-refractivity contribution >= 4 is 34.3 Å². The highest BCUT2D eigenvalue weighted by Crippen LogP contribution is 2.40. The van der Waals surface area contributed by atoms with Gasteiger partial charge in [-0.1, -0.05) is 41.9 Å². The number of amides is 1. The zero-order chi connectivity index (χ0) is 20.5. The second-order valence-electron chi connectivity index (χ2n) is 7.45. The molecule has 2 aliphatic heterocycles. The van der Waals surface area contributed by atoms with Crippen LogP contribution in [0.2, 0.25) is 5.02 Å². The zero-order valence-corrected chi connectivity index (χ0v) is 17.2. The summed E-state index contributed by atoms with van der Waals surface area (Å²) in [5.74, 6) is 0.0126. The van der Waals surface area contributed by atoms with Crippen LogP contribution in [0.1, 0.15) is 27.3 Å². The monoisotopic (exact) mass is 419 g/mol. The number of anilines is 1. The van der Waals surface area contributed by atoms with Gasteiger partial charge in [-0.05, 0) is 41.5 Å². The van der Waals surface area contributed by atoms with E-state index in [1.165, 1.54) is 0 Å². The maximum atomic E-state index is 12.9. The first kappa shape index (κ1) is 19.0. The molecule has 2 aromatic carbocycles. The minimum atomic E-state index is 0.0126. The van der Waals surface area contributed by atoms with Crippen LogP contribution in [0.25, 0.3) is 11.1 Å². The maximum absolute atomic E-state index is 12.9. The molecule has 0 spiro atoms. The smallest absolute Gasteiger partial charge is 0.270 e. The van der Waals surface area contributed by atoms with E-state index in [2.05, 4.69) is 22.4 Å². The lowest BCUT2D eigenvalue weighted by Crippen LogP contribution is -2.40. The normalized spacial score (nSPS) is 16.2. The molecule has 0 unspecified atom stereocenters. The van der Waals surface area contributed by atoms with Gasteiger partial charge in [-0.3, -0.25) is 4.79 Å². The van der Waals surface area contributed by atoms with Crippen molar-refractivity contribution in [3.63, 3.8) is 0 Å². The molecule has 30 heavy (non-hydrogen) atoms. The first-order valence-corrected chi connectivity index (χ1v) is 10.5. The van der Waals surface area contributed by atoms with Gasteiger partial charge < -0.3 is 19.9 Å². The molecule has 3 aromatic rings. The average molecular weight is 420 g/mol. The third kappa shape index (κ3) is 3.51. The molecule has 152 valence electrons. The van der Waals surface area contributed by atoms with E-state index in [1.807, 2.05) is 53.4 Å². The van der Waals surface area contributed by atoms with Crippen LogP contribution in [0.5, 0.6) is 0 Å². The van der Waals surface area contributed by atoms with Crippen molar-refractivity contribution in [1.82, 2.24) is 9.88 Å². The Morgan fingerprint density at radius 3 is 2.60 bits per heavy atom. The molecule has 0 aliphatic carbocycles. The summed E-state index contributed by atoms with van der Waals surface area (Å²) in [5, 5.41) is 4.19. The van der Waals surface area contributed by atoms with Crippen LogP contribution in [-0.2, 0) is 4.74 Å². The van der Waals surface area contributed by atoms with Gasteiger partial charge in [0.1, 0.15) is 5.69 Å². The Labute approximate surface area is 180 Å². The molecule has 0 atom stereocenters. The van der Waals surface area contributed by atoms with Crippen LogP contribution in [0.4, 0.5) is 5.69 Å². The Balaban J connectivity index is 1.59.